The maximum atomic E-state index is 12.4. The Bertz CT molecular complexity index is 801. The lowest BCUT2D eigenvalue weighted by atomic mass is 10.1. The molecule has 4 nitrogen and oxygen atoms in total. The summed E-state index contributed by atoms with van der Waals surface area (Å²) in [6.45, 7) is 6.21. The van der Waals surface area contributed by atoms with Gasteiger partial charge in [-0.2, -0.15) is 0 Å². The second-order valence-electron chi connectivity index (χ2n) is 5.45. The summed E-state index contributed by atoms with van der Waals surface area (Å²) in [5.41, 5.74) is 3.58. The quantitative estimate of drug-likeness (QED) is 0.739. The third-order valence-corrected chi connectivity index (χ3v) is 4.07. The van der Waals surface area contributed by atoms with E-state index in [0.29, 0.717) is 5.56 Å². The fourth-order valence-electron chi connectivity index (χ4n) is 2.74. The minimum Gasteiger partial charge on any atom is -0.372 e. The van der Waals surface area contributed by atoms with Gasteiger partial charge in [0, 0.05) is 41.7 Å². The highest BCUT2D eigenvalue weighted by molar-refractivity contribution is 6.06. The lowest BCUT2D eigenvalue weighted by Gasteiger charge is -2.21. The van der Waals surface area contributed by atoms with E-state index in [1.54, 1.807) is 0 Å². The van der Waals surface area contributed by atoms with Crippen LogP contribution in [0.25, 0.3) is 10.9 Å². The van der Waals surface area contributed by atoms with Crippen molar-refractivity contribution < 1.29 is 4.79 Å². The largest absolute Gasteiger partial charge is 0.372 e. The van der Waals surface area contributed by atoms with Gasteiger partial charge in [0.1, 0.15) is 0 Å². The predicted octanol–water partition coefficient (Wildman–Crippen LogP) is 4.27. The van der Waals surface area contributed by atoms with Crippen molar-refractivity contribution in [3.63, 3.8) is 0 Å². The zero-order valence-electron chi connectivity index (χ0n) is 13.5. The molecule has 0 aliphatic rings. The van der Waals surface area contributed by atoms with Crippen LogP contribution in [0, 0.1) is 0 Å². The van der Waals surface area contributed by atoms with Crippen LogP contribution in [0.2, 0.25) is 0 Å². The number of hydrogen-bond donors (Lipinski definition) is 2. The molecule has 1 aromatic heterocycles. The average Bonchev–Trinajstić information content (AvgIpc) is 3.05. The van der Waals surface area contributed by atoms with E-state index in [0.717, 1.165) is 29.7 Å². The first-order valence-corrected chi connectivity index (χ1v) is 7.94. The molecule has 1 amide bonds. The maximum absolute atomic E-state index is 12.4. The van der Waals surface area contributed by atoms with Crippen molar-refractivity contribution in [3.8, 4) is 0 Å². The number of rotatable bonds is 5. The summed E-state index contributed by atoms with van der Waals surface area (Å²) in [6.07, 6.45) is 1.87. The van der Waals surface area contributed by atoms with E-state index < -0.39 is 0 Å². The summed E-state index contributed by atoms with van der Waals surface area (Å²) in [4.78, 5) is 17.8. The van der Waals surface area contributed by atoms with Crippen LogP contribution in [0.4, 0.5) is 11.4 Å². The Morgan fingerprint density at radius 3 is 2.48 bits per heavy atom. The number of carbonyl (C=O) groups excluding carboxylic acids is 1. The zero-order chi connectivity index (χ0) is 16.2. The van der Waals surface area contributed by atoms with Crippen LogP contribution in [0.3, 0.4) is 0 Å². The molecule has 0 atom stereocenters. The van der Waals surface area contributed by atoms with Gasteiger partial charge in [0.25, 0.3) is 5.91 Å². The number of hydrogen-bond acceptors (Lipinski definition) is 2. The second kappa shape index (κ2) is 6.57. The van der Waals surface area contributed by atoms with E-state index in [-0.39, 0.29) is 5.91 Å². The number of nitrogens with one attached hydrogen (secondary N) is 2. The highest BCUT2D eigenvalue weighted by atomic mass is 16.1. The van der Waals surface area contributed by atoms with Crippen molar-refractivity contribution in [1.29, 1.82) is 0 Å². The number of carbonyl (C=O) groups is 1. The molecule has 0 bridgehead atoms. The summed E-state index contributed by atoms with van der Waals surface area (Å²) in [5.74, 6) is -0.0999. The van der Waals surface area contributed by atoms with Crippen molar-refractivity contribution in [3.05, 3.63) is 60.3 Å². The van der Waals surface area contributed by atoms with E-state index >= 15 is 0 Å². The minimum absolute atomic E-state index is 0.0999. The monoisotopic (exact) mass is 307 g/mol. The van der Waals surface area contributed by atoms with Gasteiger partial charge in [0.15, 0.2) is 0 Å². The number of fused-ring (bicyclic) bond motifs is 1. The molecular weight excluding hydrogens is 286 g/mol. The van der Waals surface area contributed by atoms with Crippen LogP contribution in [0.15, 0.2) is 54.7 Å². The fourth-order valence-corrected chi connectivity index (χ4v) is 2.74. The molecule has 0 saturated carbocycles. The number of amides is 1. The normalized spacial score (nSPS) is 10.7. The Balaban J connectivity index is 1.74. The van der Waals surface area contributed by atoms with Gasteiger partial charge in [0.05, 0.1) is 0 Å². The first-order chi connectivity index (χ1) is 11.2. The Kier molecular flexibility index (Phi) is 4.33. The Morgan fingerprint density at radius 2 is 1.78 bits per heavy atom. The van der Waals surface area contributed by atoms with Gasteiger partial charge >= 0.3 is 0 Å². The molecule has 0 aliphatic heterocycles. The van der Waals surface area contributed by atoms with Crippen molar-refractivity contribution in [2.24, 2.45) is 0 Å². The Hall–Kier alpha value is -2.75. The molecule has 0 saturated heterocycles. The first kappa shape index (κ1) is 15.2. The van der Waals surface area contributed by atoms with Gasteiger partial charge in [-0.25, -0.2) is 0 Å². The molecule has 23 heavy (non-hydrogen) atoms. The standard InChI is InChI=1S/C19H21N3O/c1-3-22(4-2)17-9-7-16(8-10-17)21-19(23)15-6-5-14-11-12-20-18(14)13-15/h5-13,20H,3-4H2,1-2H3,(H,21,23). The molecule has 0 fully saturated rings. The van der Waals surface area contributed by atoms with E-state index in [9.17, 15) is 4.79 Å². The molecule has 2 aromatic carbocycles. The molecule has 0 radical (unpaired) electrons. The van der Waals surface area contributed by atoms with E-state index in [2.05, 4.69) is 29.0 Å². The molecule has 3 rings (SSSR count). The molecule has 0 spiro atoms. The highest BCUT2D eigenvalue weighted by Gasteiger charge is 2.08. The lowest BCUT2D eigenvalue weighted by molar-refractivity contribution is 0.102. The molecule has 1 heterocycles. The minimum atomic E-state index is -0.0999. The third kappa shape index (κ3) is 3.21. The molecule has 4 heteroatoms. The van der Waals surface area contributed by atoms with Crippen LogP contribution in [-0.2, 0) is 0 Å². The maximum Gasteiger partial charge on any atom is 0.255 e. The average molecular weight is 307 g/mol. The van der Waals surface area contributed by atoms with Crippen molar-refractivity contribution in [1.82, 2.24) is 4.98 Å². The highest BCUT2D eigenvalue weighted by Crippen LogP contribution is 2.19. The number of H-pyrrole nitrogens is 1. The smallest absolute Gasteiger partial charge is 0.255 e. The Morgan fingerprint density at radius 1 is 1.04 bits per heavy atom. The molecule has 2 N–H and O–H groups in total. The van der Waals surface area contributed by atoms with Gasteiger partial charge in [-0.15, -0.1) is 0 Å². The first-order valence-electron chi connectivity index (χ1n) is 7.94. The van der Waals surface area contributed by atoms with Crippen LogP contribution in [0.5, 0.6) is 0 Å². The number of anilines is 2. The van der Waals surface area contributed by atoms with Gasteiger partial charge in [-0.1, -0.05) is 6.07 Å². The predicted molar refractivity (Wildman–Crippen MR) is 96.3 cm³/mol. The van der Waals surface area contributed by atoms with Gasteiger partial charge in [0.2, 0.25) is 0 Å². The number of nitrogens with zero attached hydrogens (tertiary/aromatic N) is 1. The van der Waals surface area contributed by atoms with Crippen LogP contribution < -0.4 is 10.2 Å². The number of aromatic amines is 1. The van der Waals surface area contributed by atoms with Gasteiger partial charge < -0.3 is 15.2 Å². The topological polar surface area (TPSA) is 48.1 Å². The van der Waals surface area contributed by atoms with Crippen molar-refractivity contribution >= 4 is 28.2 Å². The molecule has 0 unspecified atom stereocenters. The van der Waals surface area contributed by atoms with Crippen molar-refractivity contribution in [2.45, 2.75) is 13.8 Å². The molecule has 118 valence electrons. The summed E-state index contributed by atoms with van der Waals surface area (Å²) in [7, 11) is 0. The van der Waals surface area contributed by atoms with Crippen LogP contribution in [-0.4, -0.2) is 24.0 Å². The van der Waals surface area contributed by atoms with E-state index in [1.807, 2.05) is 54.7 Å². The second-order valence-corrected chi connectivity index (χ2v) is 5.45. The third-order valence-electron chi connectivity index (χ3n) is 4.07. The summed E-state index contributed by atoms with van der Waals surface area (Å²) >= 11 is 0. The SMILES string of the molecule is CCN(CC)c1ccc(NC(=O)c2ccc3cc[nH]c3c2)cc1. The van der Waals surface area contributed by atoms with Crippen LogP contribution >= 0.6 is 0 Å². The molecule has 0 aliphatic carbocycles. The molecule has 3 aromatic rings. The molecular formula is C19H21N3O. The van der Waals surface area contributed by atoms with Gasteiger partial charge in [-0.3, -0.25) is 4.79 Å². The summed E-state index contributed by atoms with van der Waals surface area (Å²) < 4.78 is 0. The summed E-state index contributed by atoms with van der Waals surface area (Å²) in [6, 6.07) is 15.6. The van der Waals surface area contributed by atoms with Gasteiger partial charge in [-0.05, 0) is 61.7 Å². The van der Waals surface area contributed by atoms with E-state index in [1.165, 1.54) is 5.69 Å². The van der Waals surface area contributed by atoms with E-state index in [4.69, 9.17) is 0 Å². The fraction of sp³-hybridized carbons (Fsp3) is 0.211. The number of benzene rings is 2. The summed E-state index contributed by atoms with van der Waals surface area (Å²) in [5, 5.41) is 4.05. The zero-order valence-corrected chi connectivity index (χ0v) is 13.5. The Labute approximate surface area is 136 Å². The van der Waals surface area contributed by atoms with Crippen molar-refractivity contribution in [2.75, 3.05) is 23.3 Å². The lowest BCUT2D eigenvalue weighted by Crippen LogP contribution is -2.21. The van der Waals surface area contributed by atoms with Crippen LogP contribution in [0.1, 0.15) is 24.2 Å². The number of aromatic nitrogens is 1.